The number of benzene rings is 3. The monoisotopic (exact) mass is 579 g/mol. The molecule has 0 aliphatic heterocycles. The molecule has 0 unspecified atom stereocenters. The van der Waals surface area contributed by atoms with Crippen LogP contribution < -0.4 is 20.8 Å². The van der Waals surface area contributed by atoms with Gasteiger partial charge in [-0.25, -0.2) is 4.68 Å². The Morgan fingerprint density at radius 1 is 1.02 bits per heavy atom. The lowest BCUT2D eigenvalue weighted by Crippen LogP contribution is -2.24. The SMILES string of the molecule is Cc1nn(-c2ccc(/C=N/NC(=S)Nc3ccccc3C(C)C)cc2)cc1C(=N)Nc1ccc(OC(F)(F)F)cc1. The van der Waals surface area contributed by atoms with E-state index in [0.29, 0.717) is 28.0 Å². The van der Waals surface area contributed by atoms with Gasteiger partial charge < -0.3 is 15.4 Å². The van der Waals surface area contributed by atoms with E-state index in [1.54, 1.807) is 24.0 Å². The molecular formula is C29H28F3N7OS. The summed E-state index contributed by atoms with van der Waals surface area (Å²) in [6, 6.07) is 20.6. The molecule has 212 valence electrons. The van der Waals surface area contributed by atoms with Crippen LogP contribution in [-0.4, -0.2) is 33.3 Å². The minimum absolute atomic E-state index is 0.0497. The van der Waals surface area contributed by atoms with E-state index in [2.05, 4.69) is 50.9 Å². The Labute approximate surface area is 240 Å². The van der Waals surface area contributed by atoms with Crippen molar-refractivity contribution in [3.8, 4) is 11.4 Å². The van der Waals surface area contributed by atoms with Crippen molar-refractivity contribution in [1.82, 2.24) is 15.2 Å². The summed E-state index contributed by atoms with van der Waals surface area (Å²) in [5, 5.41) is 23.6. The molecule has 0 aliphatic rings. The predicted octanol–water partition coefficient (Wildman–Crippen LogP) is 6.96. The normalized spacial score (nSPS) is 11.5. The number of hydrogen-bond acceptors (Lipinski definition) is 5. The molecule has 0 saturated heterocycles. The van der Waals surface area contributed by atoms with Crippen molar-refractivity contribution < 1.29 is 17.9 Å². The van der Waals surface area contributed by atoms with Gasteiger partial charge in [-0.3, -0.25) is 10.8 Å². The fraction of sp³-hybridized carbons (Fsp3) is 0.172. The zero-order chi connectivity index (χ0) is 29.6. The van der Waals surface area contributed by atoms with Crippen molar-refractivity contribution in [1.29, 1.82) is 5.41 Å². The Kier molecular flexibility index (Phi) is 9.03. The summed E-state index contributed by atoms with van der Waals surface area (Å²) in [7, 11) is 0. The van der Waals surface area contributed by atoms with Crippen molar-refractivity contribution in [3.63, 3.8) is 0 Å². The molecule has 0 bridgehead atoms. The van der Waals surface area contributed by atoms with Crippen LogP contribution >= 0.6 is 12.2 Å². The van der Waals surface area contributed by atoms with Gasteiger partial charge in [0.1, 0.15) is 11.6 Å². The van der Waals surface area contributed by atoms with Crippen molar-refractivity contribution >= 4 is 40.8 Å². The summed E-state index contributed by atoms with van der Waals surface area (Å²) in [5.41, 5.74) is 8.12. The van der Waals surface area contributed by atoms with E-state index in [-0.39, 0.29) is 11.6 Å². The summed E-state index contributed by atoms with van der Waals surface area (Å²) in [4.78, 5) is 0. The average Bonchev–Trinajstić information content (AvgIpc) is 3.31. The van der Waals surface area contributed by atoms with Gasteiger partial charge in [0, 0.05) is 17.6 Å². The van der Waals surface area contributed by atoms with Gasteiger partial charge in [0.05, 0.1) is 23.2 Å². The van der Waals surface area contributed by atoms with Gasteiger partial charge in [-0.1, -0.05) is 44.2 Å². The molecule has 0 amide bonds. The van der Waals surface area contributed by atoms with Gasteiger partial charge >= 0.3 is 6.36 Å². The lowest BCUT2D eigenvalue weighted by molar-refractivity contribution is -0.274. The highest BCUT2D eigenvalue weighted by molar-refractivity contribution is 7.80. The van der Waals surface area contributed by atoms with Crippen LogP contribution in [0.3, 0.4) is 0 Å². The molecule has 1 aromatic heterocycles. The van der Waals surface area contributed by atoms with Gasteiger partial charge in [0.15, 0.2) is 5.11 Å². The zero-order valence-electron chi connectivity index (χ0n) is 22.5. The number of rotatable bonds is 8. The van der Waals surface area contributed by atoms with E-state index < -0.39 is 6.36 Å². The Morgan fingerprint density at radius 2 is 1.71 bits per heavy atom. The standard InChI is InChI=1S/C29H28F3N7OS/c1-18(2)24-6-4-5-7-26(24)36-28(41)37-34-16-20-8-12-22(13-9-20)39-17-25(19(3)38-39)27(33)35-21-10-14-23(15-11-21)40-29(30,31)32/h4-18H,1-3H3,(H2,33,35)(H2,36,37,41)/b34-16+. The van der Waals surface area contributed by atoms with Gasteiger partial charge in [0.2, 0.25) is 0 Å². The zero-order valence-corrected chi connectivity index (χ0v) is 23.3. The van der Waals surface area contributed by atoms with Gasteiger partial charge in [-0.05, 0) is 78.7 Å². The van der Waals surface area contributed by atoms with Crippen LogP contribution in [0.1, 0.15) is 42.1 Å². The second-order valence-electron chi connectivity index (χ2n) is 9.30. The summed E-state index contributed by atoms with van der Waals surface area (Å²) >= 11 is 5.37. The van der Waals surface area contributed by atoms with Crippen LogP contribution in [0.2, 0.25) is 0 Å². The summed E-state index contributed by atoms with van der Waals surface area (Å²) in [6.45, 7) is 6.01. The fourth-order valence-electron chi connectivity index (χ4n) is 3.93. The molecule has 41 heavy (non-hydrogen) atoms. The third kappa shape index (κ3) is 8.15. The molecule has 0 saturated carbocycles. The summed E-state index contributed by atoms with van der Waals surface area (Å²) < 4.78 is 42.6. The van der Waals surface area contributed by atoms with Crippen LogP contribution in [-0.2, 0) is 0 Å². The number of halogens is 3. The second kappa shape index (κ2) is 12.6. The number of thiocarbonyl (C=S) groups is 1. The molecule has 0 aliphatic carbocycles. The Hall–Kier alpha value is -4.71. The lowest BCUT2D eigenvalue weighted by atomic mass is 10.0. The molecule has 4 N–H and O–H groups in total. The minimum Gasteiger partial charge on any atom is -0.406 e. The molecule has 3 aromatic carbocycles. The van der Waals surface area contributed by atoms with E-state index in [0.717, 1.165) is 22.5 Å². The number of aromatic nitrogens is 2. The number of nitrogens with zero attached hydrogens (tertiary/aromatic N) is 3. The number of hydrogen-bond donors (Lipinski definition) is 4. The van der Waals surface area contributed by atoms with E-state index in [1.807, 2.05) is 42.5 Å². The largest absolute Gasteiger partial charge is 0.573 e. The number of hydrazone groups is 1. The van der Waals surface area contributed by atoms with Crippen LogP contribution in [0.4, 0.5) is 24.5 Å². The maximum atomic E-state index is 12.4. The quantitative estimate of drug-likeness (QED) is 0.0780. The number of amidine groups is 1. The Bertz CT molecular complexity index is 1550. The van der Waals surface area contributed by atoms with Crippen molar-refractivity contribution in [3.05, 3.63) is 101 Å². The van der Waals surface area contributed by atoms with Crippen molar-refractivity contribution in [2.24, 2.45) is 5.10 Å². The number of nitrogens with one attached hydrogen (secondary N) is 4. The number of anilines is 2. The highest BCUT2D eigenvalue weighted by Crippen LogP contribution is 2.25. The third-order valence-corrected chi connectivity index (χ3v) is 6.09. The van der Waals surface area contributed by atoms with E-state index in [1.165, 1.54) is 24.3 Å². The smallest absolute Gasteiger partial charge is 0.406 e. The highest BCUT2D eigenvalue weighted by Gasteiger charge is 2.31. The molecule has 0 radical (unpaired) electrons. The molecule has 4 rings (SSSR count). The number of aryl methyl sites for hydroxylation is 1. The molecular weight excluding hydrogens is 551 g/mol. The first-order valence-electron chi connectivity index (χ1n) is 12.6. The minimum atomic E-state index is -4.76. The third-order valence-electron chi connectivity index (χ3n) is 5.89. The maximum Gasteiger partial charge on any atom is 0.573 e. The van der Waals surface area contributed by atoms with E-state index >= 15 is 0 Å². The molecule has 1 heterocycles. The fourth-order valence-corrected chi connectivity index (χ4v) is 4.10. The summed E-state index contributed by atoms with van der Waals surface area (Å²) in [5.74, 6) is 0.0610. The summed E-state index contributed by atoms with van der Waals surface area (Å²) in [6.07, 6.45) is -1.41. The van der Waals surface area contributed by atoms with Gasteiger partial charge in [-0.15, -0.1) is 13.2 Å². The second-order valence-corrected chi connectivity index (χ2v) is 9.71. The van der Waals surface area contributed by atoms with Crippen LogP contribution in [0.5, 0.6) is 5.75 Å². The maximum absolute atomic E-state index is 12.4. The van der Waals surface area contributed by atoms with E-state index in [4.69, 9.17) is 17.6 Å². The molecule has 12 heteroatoms. The first-order valence-corrected chi connectivity index (χ1v) is 13.0. The topological polar surface area (TPSA) is 99.4 Å². The van der Waals surface area contributed by atoms with Gasteiger partial charge in [0.25, 0.3) is 0 Å². The number of ether oxygens (including phenoxy) is 1. The van der Waals surface area contributed by atoms with Crippen molar-refractivity contribution in [2.45, 2.75) is 33.1 Å². The number of para-hydroxylation sites is 1. The molecule has 0 fully saturated rings. The van der Waals surface area contributed by atoms with Crippen molar-refractivity contribution in [2.75, 3.05) is 10.6 Å². The van der Waals surface area contributed by atoms with E-state index in [9.17, 15) is 13.2 Å². The lowest BCUT2D eigenvalue weighted by Gasteiger charge is -2.14. The Balaban J connectivity index is 1.34. The first kappa shape index (κ1) is 29.3. The predicted molar refractivity (Wildman–Crippen MR) is 159 cm³/mol. The van der Waals surface area contributed by atoms with Gasteiger partial charge in [-0.2, -0.15) is 10.2 Å². The molecule has 4 aromatic rings. The van der Waals surface area contributed by atoms with Crippen LogP contribution in [0.15, 0.2) is 84.1 Å². The first-order chi connectivity index (χ1) is 19.5. The van der Waals surface area contributed by atoms with Crippen LogP contribution in [0, 0.1) is 12.3 Å². The average molecular weight is 580 g/mol. The molecule has 0 atom stereocenters. The molecule has 8 nitrogen and oxygen atoms in total. The Morgan fingerprint density at radius 3 is 2.37 bits per heavy atom. The number of alkyl halides is 3. The molecule has 0 spiro atoms. The highest BCUT2D eigenvalue weighted by atomic mass is 32.1. The van der Waals surface area contributed by atoms with Crippen LogP contribution in [0.25, 0.3) is 5.69 Å².